The van der Waals surface area contributed by atoms with Crippen molar-refractivity contribution in [1.29, 1.82) is 0 Å². The van der Waals surface area contributed by atoms with Gasteiger partial charge in [-0.3, -0.25) is 19.7 Å². The second-order valence-corrected chi connectivity index (χ2v) is 7.10. The highest BCUT2D eigenvalue weighted by molar-refractivity contribution is 6.34. The molecule has 9 nitrogen and oxygen atoms in total. The predicted molar refractivity (Wildman–Crippen MR) is 118 cm³/mol. The smallest absolute Gasteiger partial charge is 0.338 e. The van der Waals surface area contributed by atoms with Gasteiger partial charge in [0.05, 0.1) is 28.1 Å². The first-order valence-corrected chi connectivity index (χ1v) is 9.95. The number of benzene rings is 3. The Labute approximate surface area is 192 Å². The molecule has 0 radical (unpaired) electrons. The Kier molecular flexibility index (Phi) is 6.13. The Hall–Kier alpha value is -4.86. The van der Waals surface area contributed by atoms with Gasteiger partial charge in [-0.25, -0.2) is 18.9 Å². The quantitative estimate of drug-likeness (QED) is 0.445. The summed E-state index contributed by atoms with van der Waals surface area (Å²) >= 11 is 0. The summed E-state index contributed by atoms with van der Waals surface area (Å²) in [4.78, 5) is 62.3. The SMILES string of the molecule is O=C(COC(=O)c1cccc(N2C(=O)c3ccccc3C2=O)c1)NC(=O)Nc1ccccc1F. The monoisotopic (exact) mass is 461 g/mol. The summed E-state index contributed by atoms with van der Waals surface area (Å²) < 4.78 is 18.5. The Morgan fingerprint density at radius 2 is 1.50 bits per heavy atom. The van der Waals surface area contributed by atoms with E-state index in [2.05, 4.69) is 5.32 Å². The van der Waals surface area contributed by atoms with Crippen molar-refractivity contribution in [3.05, 3.63) is 95.3 Å². The topological polar surface area (TPSA) is 122 Å². The standard InChI is InChI=1S/C24H16FN3O6/c25-18-10-3-4-11-19(18)26-24(33)27-20(29)13-34-23(32)14-6-5-7-15(12-14)28-21(30)16-8-1-2-9-17(16)22(28)31/h1-12H,13H2,(H2,26,27,29,33). The van der Waals surface area contributed by atoms with Gasteiger partial charge in [0, 0.05) is 0 Å². The van der Waals surface area contributed by atoms with Crippen molar-refractivity contribution in [2.45, 2.75) is 0 Å². The molecule has 0 unspecified atom stereocenters. The molecule has 2 N–H and O–H groups in total. The molecule has 170 valence electrons. The van der Waals surface area contributed by atoms with Crippen molar-refractivity contribution in [3.63, 3.8) is 0 Å². The summed E-state index contributed by atoms with van der Waals surface area (Å²) in [5, 5.41) is 4.07. The van der Waals surface area contributed by atoms with Gasteiger partial charge in [0.2, 0.25) is 0 Å². The highest BCUT2D eigenvalue weighted by Crippen LogP contribution is 2.28. The molecular weight excluding hydrogens is 445 g/mol. The summed E-state index contributed by atoms with van der Waals surface area (Å²) in [5.74, 6) is -3.59. The maximum absolute atomic E-state index is 13.6. The van der Waals surface area contributed by atoms with E-state index >= 15 is 0 Å². The van der Waals surface area contributed by atoms with E-state index in [0.29, 0.717) is 0 Å². The molecule has 10 heteroatoms. The highest BCUT2D eigenvalue weighted by Gasteiger charge is 2.36. The first-order chi connectivity index (χ1) is 16.3. The summed E-state index contributed by atoms with van der Waals surface area (Å²) in [6, 6.07) is 16.3. The number of nitrogens with one attached hydrogen (secondary N) is 2. The molecule has 0 saturated heterocycles. The van der Waals surface area contributed by atoms with E-state index in [4.69, 9.17) is 4.74 Å². The van der Waals surface area contributed by atoms with Crippen molar-refractivity contribution >= 4 is 41.1 Å². The van der Waals surface area contributed by atoms with Gasteiger partial charge in [-0.15, -0.1) is 0 Å². The van der Waals surface area contributed by atoms with E-state index in [1.807, 2.05) is 5.32 Å². The van der Waals surface area contributed by atoms with Gasteiger partial charge < -0.3 is 10.1 Å². The maximum Gasteiger partial charge on any atom is 0.338 e. The predicted octanol–water partition coefficient (Wildman–Crippen LogP) is 3.13. The van der Waals surface area contributed by atoms with Crippen LogP contribution >= 0.6 is 0 Å². The van der Waals surface area contributed by atoms with Crippen molar-refractivity contribution in [3.8, 4) is 0 Å². The molecule has 0 aromatic heterocycles. The summed E-state index contributed by atoms with van der Waals surface area (Å²) in [7, 11) is 0. The Balaban J connectivity index is 1.36. The van der Waals surface area contributed by atoms with Crippen LogP contribution in [0.3, 0.4) is 0 Å². The molecule has 1 aliphatic rings. The number of halogens is 1. The summed E-state index contributed by atoms with van der Waals surface area (Å²) in [6.45, 7) is -0.791. The molecule has 5 amide bonds. The van der Waals surface area contributed by atoms with E-state index in [1.54, 1.807) is 12.1 Å². The minimum absolute atomic E-state index is 0.0161. The largest absolute Gasteiger partial charge is 0.452 e. The fourth-order valence-electron chi connectivity index (χ4n) is 3.29. The molecule has 1 heterocycles. The number of carbonyl (C=O) groups is 5. The molecule has 3 aromatic rings. The zero-order chi connectivity index (χ0) is 24.2. The molecule has 0 bridgehead atoms. The normalized spacial score (nSPS) is 12.2. The van der Waals surface area contributed by atoms with Crippen LogP contribution < -0.4 is 15.5 Å². The number of amides is 5. The van der Waals surface area contributed by atoms with Crippen LogP contribution in [0, 0.1) is 5.82 Å². The van der Waals surface area contributed by atoms with Gasteiger partial charge in [0.25, 0.3) is 17.7 Å². The van der Waals surface area contributed by atoms with E-state index in [0.717, 1.165) is 11.0 Å². The second-order valence-electron chi connectivity index (χ2n) is 7.10. The van der Waals surface area contributed by atoms with Crippen molar-refractivity contribution in [2.24, 2.45) is 0 Å². The van der Waals surface area contributed by atoms with Crippen LogP contribution in [-0.2, 0) is 9.53 Å². The van der Waals surface area contributed by atoms with Gasteiger partial charge in [-0.1, -0.05) is 30.3 Å². The van der Waals surface area contributed by atoms with Crippen molar-refractivity contribution < 1.29 is 33.1 Å². The van der Waals surface area contributed by atoms with E-state index in [9.17, 15) is 28.4 Å². The van der Waals surface area contributed by atoms with Crippen LogP contribution in [0.4, 0.5) is 20.6 Å². The molecule has 0 spiro atoms. The number of nitrogens with zero attached hydrogens (tertiary/aromatic N) is 1. The number of esters is 1. The molecule has 0 saturated carbocycles. The lowest BCUT2D eigenvalue weighted by Crippen LogP contribution is -2.37. The third kappa shape index (κ3) is 4.51. The number of imide groups is 2. The highest BCUT2D eigenvalue weighted by atomic mass is 19.1. The maximum atomic E-state index is 13.6. The molecule has 34 heavy (non-hydrogen) atoms. The van der Waals surface area contributed by atoms with Gasteiger partial charge >= 0.3 is 12.0 Å². The van der Waals surface area contributed by atoms with Crippen LogP contribution in [0.15, 0.2) is 72.8 Å². The number of anilines is 2. The van der Waals surface area contributed by atoms with Gasteiger partial charge in [0.1, 0.15) is 5.82 Å². The molecule has 0 atom stereocenters. The van der Waals surface area contributed by atoms with Crippen molar-refractivity contribution in [2.75, 3.05) is 16.8 Å². The van der Waals surface area contributed by atoms with Crippen LogP contribution in [0.25, 0.3) is 0 Å². The fourth-order valence-corrected chi connectivity index (χ4v) is 3.29. The summed E-state index contributed by atoms with van der Waals surface area (Å²) in [6.07, 6.45) is 0. The second kappa shape index (κ2) is 9.33. The number of fused-ring (bicyclic) bond motifs is 1. The minimum Gasteiger partial charge on any atom is -0.452 e. The number of rotatable bonds is 5. The van der Waals surface area contributed by atoms with Crippen LogP contribution in [0.2, 0.25) is 0 Å². The Morgan fingerprint density at radius 1 is 0.853 bits per heavy atom. The van der Waals surface area contributed by atoms with Crippen molar-refractivity contribution in [1.82, 2.24) is 5.32 Å². The third-order valence-corrected chi connectivity index (χ3v) is 4.84. The average molecular weight is 461 g/mol. The van der Waals surface area contributed by atoms with E-state index in [1.165, 1.54) is 54.6 Å². The molecule has 1 aliphatic heterocycles. The molecule has 4 rings (SSSR count). The fraction of sp³-hybridized carbons (Fsp3) is 0.0417. The molecule has 3 aromatic carbocycles. The molecule has 0 aliphatic carbocycles. The molecular formula is C24H16FN3O6. The number of hydrogen-bond donors (Lipinski definition) is 2. The number of ether oxygens (including phenoxy) is 1. The first kappa shape index (κ1) is 22.3. The van der Waals surface area contributed by atoms with Crippen LogP contribution in [0.1, 0.15) is 31.1 Å². The zero-order valence-corrected chi connectivity index (χ0v) is 17.4. The average Bonchev–Trinajstić information content (AvgIpc) is 3.09. The van der Waals surface area contributed by atoms with Crippen LogP contribution in [-0.4, -0.2) is 36.3 Å². The lowest BCUT2D eigenvalue weighted by molar-refractivity contribution is -0.123. The van der Waals surface area contributed by atoms with Gasteiger partial charge in [0.15, 0.2) is 6.61 Å². The van der Waals surface area contributed by atoms with Gasteiger partial charge in [-0.05, 0) is 42.5 Å². The number of carbonyl (C=O) groups excluding carboxylic acids is 5. The van der Waals surface area contributed by atoms with Gasteiger partial charge in [-0.2, -0.15) is 0 Å². The van der Waals surface area contributed by atoms with E-state index in [-0.39, 0.29) is 28.1 Å². The van der Waals surface area contributed by atoms with E-state index < -0.39 is 42.1 Å². The lowest BCUT2D eigenvalue weighted by Gasteiger charge is -2.14. The third-order valence-electron chi connectivity index (χ3n) is 4.84. The lowest BCUT2D eigenvalue weighted by atomic mass is 10.1. The first-order valence-electron chi connectivity index (χ1n) is 9.95. The number of hydrogen-bond acceptors (Lipinski definition) is 6. The Bertz CT molecular complexity index is 1300. The zero-order valence-electron chi connectivity index (χ0n) is 17.4. The summed E-state index contributed by atoms with van der Waals surface area (Å²) in [5.41, 5.74) is 0.526. The minimum atomic E-state index is -1.00. The Morgan fingerprint density at radius 3 is 2.18 bits per heavy atom. The molecule has 0 fully saturated rings. The van der Waals surface area contributed by atoms with Crippen LogP contribution in [0.5, 0.6) is 0 Å². The number of para-hydroxylation sites is 1. The number of urea groups is 1.